The van der Waals surface area contributed by atoms with Gasteiger partial charge >= 0.3 is 0 Å². The van der Waals surface area contributed by atoms with Crippen LogP contribution >= 0.6 is 0 Å². The van der Waals surface area contributed by atoms with Gasteiger partial charge in [-0.15, -0.1) is 0 Å². The fourth-order valence-corrected chi connectivity index (χ4v) is 0. The topological polar surface area (TPSA) is 43.9 Å². The first-order chi connectivity index (χ1) is 1.91. The summed E-state index contributed by atoms with van der Waals surface area (Å²) in [6.45, 7) is 0. The van der Waals surface area contributed by atoms with Crippen molar-refractivity contribution in [3.63, 3.8) is 0 Å². The van der Waals surface area contributed by atoms with Crippen LogP contribution in [0.25, 0.3) is 5.53 Å². The van der Waals surface area contributed by atoms with Gasteiger partial charge in [0.1, 0.15) is 7.11 Å². The lowest BCUT2D eigenvalue weighted by Crippen LogP contribution is -1.52. The first-order valence-corrected chi connectivity index (χ1v) is 0.791. The molecular formula is CH3N2O-. The summed E-state index contributed by atoms with van der Waals surface area (Å²) in [6, 6.07) is 0. The van der Waals surface area contributed by atoms with Gasteiger partial charge in [-0.3, -0.25) is 0 Å². The van der Waals surface area contributed by atoms with Crippen LogP contribution in [0.3, 0.4) is 0 Å². The molecule has 0 unspecified atom stereocenters. The van der Waals surface area contributed by atoms with Crippen molar-refractivity contribution in [1.29, 1.82) is 0 Å². The second kappa shape index (κ2) is 2.40. The Balaban J connectivity index is 2.30. The molecule has 24 valence electrons. The van der Waals surface area contributed by atoms with Crippen molar-refractivity contribution in [2.24, 2.45) is 5.28 Å². The highest BCUT2D eigenvalue weighted by Gasteiger charge is 1.26. The number of hydrogen-bond donors (Lipinski definition) is 0. The third kappa shape index (κ3) is 1.40. The van der Waals surface area contributed by atoms with Crippen molar-refractivity contribution in [1.82, 2.24) is 0 Å². The fourth-order valence-electron chi connectivity index (χ4n) is 0. The zero-order valence-electron chi connectivity index (χ0n) is 2.30. The van der Waals surface area contributed by atoms with Gasteiger partial charge in [-0.05, 0) is 0 Å². The maximum atomic E-state index is 7.28. The Hall–Kier alpha value is -0.600. The predicted molar refractivity (Wildman–Crippen MR) is 12.8 cm³/mol. The largest absolute Gasteiger partial charge is 0.670 e. The third-order valence-corrected chi connectivity index (χ3v) is 0.0816. The normalized spacial score (nSPS) is 5.25. The average Bonchev–Trinajstić information content (AvgIpc) is 1.37. The zero-order chi connectivity index (χ0) is 3.41. The molecule has 0 saturated heterocycles. The van der Waals surface area contributed by atoms with E-state index in [1.807, 2.05) is 0 Å². The lowest BCUT2D eigenvalue weighted by Gasteiger charge is -1.81. The molecule has 0 aromatic rings. The van der Waals surface area contributed by atoms with Crippen LogP contribution in [0, 0.1) is 0 Å². The summed E-state index contributed by atoms with van der Waals surface area (Å²) in [4.78, 5) is 3.72. The minimum absolute atomic E-state index is 1.26. The monoisotopic (exact) mass is 59.0 g/mol. The van der Waals surface area contributed by atoms with E-state index in [-0.39, 0.29) is 0 Å². The molecule has 0 aliphatic heterocycles. The van der Waals surface area contributed by atoms with E-state index < -0.39 is 0 Å². The quantitative estimate of drug-likeness (QED) is 0.321. The first kappa shape index (κ1) is 3.40. The van der Waals surface area contributed by atoms with E-state index in [0.29, 0.717) is 0 Å². The summed E-state index contributed by atoms with van der Waals surface area (Å²) in [7, 11) is 1.26. The smallest absolute Gasteiger partial charge is 0.104 e. The summed E-state index contributed by atoms with van der Waals surface area (Å²) in [5, 5.41) is 2.24. The molecule has 0 atom stereocenters. The van der Waals surface area contributed by atoms with E-state index in [2.05, 4.69) is 10.1 Å². The van der Waals surface area contributed by atoms with Crippen LogP contribution in [0.2, 0.25) is 0 Å². The minimum atomic E-state index is 1.26. The van der Waals surface area contributed by atoms with E-state index in [4.69, 9.17) is 5.53 Å². The average molecular weight is 59.0 g/mol. The molecule has 0 N–H and O–H groups in total. The van der Waals surface area contributed by atoms with Crippen molar-refractivity contribution >= 4 is 0 Å². The Morgan fingerprint density at radius 3 is 2.25 bits per heavy atom. The van der Waals surface area contributed by atoms with Crippen molar-refractivity contribution < 1.29 is 4.84 Å². The Bertz CT molecular complexity index is 20.0. The van der Waals surface area contributed by atoms with Crippen molar-refractivity contribution in [2.75, 3.05) is 7.11 Å². The molecule has 3 nitrogen and oxygen atoms in total. The van der Waals surface area contributed by atoms with E-state index in [9.17, 15) is 0 Å². The molecule has 3 heteroatoms. The van der Waals surface area contributed by atoms with Crippen molar-refractivity contribution in [2.45, 2.75) is 0 Å². The Labute approximate surface area is 24.0 Å². The molecule has 0 rings (SSSR count). The molecule has 0 bridgehead atoms. The van der Waals surface area contributed by atoms with Crippen LogP contribution in [-0.4, -0.2) is 7.11 Å². The summed E-state index contributed by atoms with van der Waals surface area (Å²) in [5.74, 6) is 0. The van der Waals surface area contributed by atoms with Crippen LogP contribution < -0.4 is 0 Å². The molecule has 0 amide bonds. The molecule has 0 saturated carbocycles. The molecule has 4 heavy (non-hydrogen) atoms. The zero-order valence-corrected chi connectivity index (χ0v) is 2.30. The first-order valence-electron chi connectivity index (χ1n) is 0.791. The maximum absolute atomic E-state index is 7.28. The maximum Gasteiger partial charge on any atom is 0.104 e. The number of rotatable bonds is 1. The van der Waals surface area contributed by atoms with Gasteiger partial charge in [0, 0.05) is 0 Å². The van der Waals surface area contributed by atoms with Crippen LogP contribution in [0.4, 0.5) is 0 Å². The highest BCUT2D eigenvalue weighted by atomic mass is 16.6. The van der Waals surface area contributed by atoms with Crippen molar-refractivity contribution in [3.05, 3.63) is 5.53 Å². The van der Waals surface area contributed by atoms with Crippen LogP contribution in [-0.2, 0) is 4.84 Å². The van der Waals surface area contributed by atoms with E-state index in [1.54, 1.807) is 0 Å². The lowest BCUT2D eigenvalue weighted by molar-refractivity contribution is 0.208. The van der Waals surface area contributed by atoms with Gasteiger partial charge < -0.3 is 10.4 Å². The summed E-state index contributed by atoms with van der Waals surface area (Å²) >= 11 is 0. The highest BCUT2D eigenvalue weighted by Crippen LogP contribution is 1.54. The van der Waals surface area contributed by atoms with Crippen LogP contribution in [0.5, 0.6) is 0 Å². The molecule has 0 aromatic heterocycles. The van der Waals surface area contributed by atoms with Gasteiger partial charge in [0.05, 0.1) is 0 Å². The van der Waals surface area contributed by atoms with E-state index in [0.717, 1.165) is 0 Å². The number of hydrogen-bond acceptors (Lipinski definition) is 2. The lowest BCUT2D eigenvalue weighted by atomic mass is 11.7. The van der Waals surface area contributed by atoms with Crippen molar-refractivity contribution in [3.8, 4) is 0 Å². The highest BCUT2D eigenvalue weighted by molar-refractivity contribution is 3.89. The van der Waals surface area contributed by atoms with Gasteiger partial charge in [0.2, 0.25) is 0 Å². The van der Waals surface area contributed by atoms with E-state index >= 15 is 0 Å². The molecule has 0 aromatic carbocycles. The summed E-state index contributed by atoms with van der Waals surface area (Å²) in [5.41, 5.74) is 7.28. The molecule has 0 radical (unpaired) electrons. The molecule has 0 aliphatic rings. The molecule has 0 heterocycles. The second-order valence-electron chi connectivity index (χ2n) is 0.264. The molecule has 0 aliphatic carbocycles. The third-order valence-electron chi connectivity index (χ3n) is 0.0816. The minimum Gasteiger partial charge on any atom is -0.670 e. The molecular weight excluding hydrogens is 56.0 g/mol. The van der Waals surface area contributed by atoms with Gasteiger partial charge in [-0.1, -0.05) is 0 Å². The summed E-state index contributed by atoms with van der Waals surface area (Å²) < 4.78 is 0. The van der Waals surface area contributed by atoms with Gasteiger partial charge in [-0.25, -0.2) is 5.28 Å². The Morgan fingerprint density at radius 2 is 2.25 bits per heavy atom. The second-order valence-corrected chi connectivity index (χ2v) is 0.264. The molecule has 0 spiro atoms. The molecule has 0 fully saturated rings. The SMILES string of the molecule is CON=[N-]. The number of nitrogens with zero attached hydrogens (tertiary/aromatic N) is 2. The Kier molecular flexibility index (Phi) is 2.04. The van der Waals surface area contributed by atoms with Crippen LogP contribution in [0.15, 0.2) is 5.28 Å². The predicted octanol–water partition coefficient (Wildman–Crippen LogP) is 0.569. The van der Waals surface area contributed by atoms with E-state index in [1.165, 1.54) is 7.11 Å². The van der Waals surface area contributed by atoms with Gasteiger partial charge in [0.25, 0.3) is 0 Å². The Morgan fingerprint density at radius 1 is 2.00 bits per heavy atom. The summed E-state index contributed by atoms with van der Waals surface area (Å²) in [6.07, 6.45) is 0. The standard InChI is InChI=1S/CH3N2O/c1-4-3-2/h1H3/q-1. The van der Waals surface area contributed by atoms with Crippen LogP contribution in [0.1, 0.15) is 0 Å². The van der Waals surface area contributed by atoms with Gasteiger partial charge in [0.15, 0.2) is 0 Å². The van der Waals surface area contributed by atoms with Gasteiger partial charge in [-0.2, -0.15) is 0 Å². The fraction of sp³-hybridized carbons (Fsp3) is 1.00.